The van der Waals surface area contributed by atoms with Crippen LogP contribution >= 0.6 is 0 Å². The number of ether oxygens (including phenoxy) is 1. The first-order valence-corrected chi connectivity index (χ1v) is 7.66. The fourth-order valence-corrected chi connectivity index (χ4v) is 2.56. The van der Waals surface area contributed by atoms with E-state index >= 15 is 0 Å². The second kappa shape index (κ2) is 8.82. The lowest BCUT2D eigenvalue weighted by Gasteiger charge is -2.22. The number of nitrogens with zero attached hydrogens (tertiary/aromatic N) is 2. The van der Waals surface area contributed by atoms with Gasteiger partial charge in [0.05, 0.1) is 19.8 Å². The third kappa shape index (κ3) is 5.05. The molecule has 1 fully saturated rings. The fourth-order valence-electron chi connectivity index (χ4n) is 2.56. The lowest BCUT2D eigenvalue weighted by atomic mass is 10.2. The Morgan fingerprint density at radius 2 is 2.09 bits per heavy atom. The predicted molar refractivity (Wildman–Crippen MR) is 81.3 cm³/mol. The van der Waals surface area contributed by atoms with Crippen molar-refractivity contribution in [3.63, 3.8) is 0 Å². The Labute approximate surface area is 130 Å². The summed E-state index contributed by atoms with van der Waals surface area (Å²) in [4.78, 5) is 16.4. The minimum absolute atomic E-state index is 0.0376. The Kier molecular flexibility index (Phi) is 6.76. The highest BCUT2D eigenvalue weighted by Crippen LogP contribution is 2.10. The molecule has 0 radical (unpaired) electrons. The molecule has 1 aliphatic rings. The lowest BCUT2D eigenvalue weighted by Crippen LogP contribution is -2.36. The molecule has 0 aromatic heterocycles. The third-order valence-corrected chi connectivity index (χ3v) is 3.73. The van der Waals surface area contributed by atoms with Gasteiger partial charge in [-0.15, -0.1) is 0 Å². The maximum atomic E-state index is 13.2. The van der Waals surface area contributed by atoms with Gasteiger partial charge in [0.15, 0.2) is 0 Å². The molecular weight excluding hydrogens is 287 g/mol. The van der Waals surface area contributed by atoms with Crippen LogP contribution in [0.2, 0.25) is 0 Å². The topological polar surface area (TPSA) is 53.0 Å². The molecule has 0 saturated carbocycles. The number of carbonyl (C=O) groups is 1. The van der Waals surface area contributed by atoms with Crippen molar-refractivity contribution in [1.29, 1.82) is 0 Å². The van der Waals surface area contributed by atoms with Gasteiger partial charge in [-0.3, -0.25) is 9.69 Å². The summed E-state index contributed by atoms with van der Waals surface area (Å²) in [5.74, 6) is -0.499. The summed E-state index contributed by atoms with van der Waals surface area (Å²) in [7, 11) is 0. The molecule has 5 nitrogen and oxygen atoms in total. The highest BCUT2D eigenvalue weighted by atomic mass is 19.1. The standard InChI is InChI=1S/C16H23FN2O3/c17-15-4-1-3-14(13-15)16(21)19-6-2-5-18(7-8-19)9-11-22-12-10-20/h1,3-4,13,20H,2,5-12H2. The molecule has 1 aromatic carbocycles. The van der Waals surface area contributed by atoms with Crippen molar-refractivity contribution in [2.75, 3.05) is 52.5 Å². The number of rotatable bonds is 6. The Bertz CT molecular complexity index is 484. The first-order chi connectivity index (χ1) is 10.7. The predicted octanol–water partition coefficient (Wildman–Crippen LogP) is 0.982. The molecule has 0 aliphatic carbocycles. The van der Waals surface area contributed by atoms with E-state index in [0.717, 1.165) is 26.1 Å². The highest BCUT2D eigenvalue weighted by Gasteiger charge is 2.20. The number of carbonyl (C=O) groups excluding carboxylic acids is 1. The van der Waals surface area contributed by atoms with Gasteiger partial charge in [0.25, 0.3) is 5.91 Å². The van der Waals surface area contributed by atoms with Crippen LogP contribution in [-0.4, -0.2) is 73.4 Å². The molecule has 1 aromatic rings. The van der Waals surface area contributed by atoms with Gasteiger partial charge in [0.2, 0.25) is 0 Å². The van der Waals surface area contributed by atoms with Crippen LogP contribution in [0.25, 0.3) is 0 Å². The molecular formula is C16H23FN2O3. The van der Waals surface area contributed by atoms with Crippen LogP contribution in [0.15, 0.2) is 24.3 Å². The Hall–Kier alpha value is -1.50. The van der Waals surface area contributed by atoms with Crippen molar-refractivity contribution in [2.24, 2.45) is 0 Å². The molecule has 0 bridgehead atoms. The van der Waals surface area contributed by atoms with Crippen LogP contribution in [0, 0.1) is 5.82 Å². The number of aliphatic hydroxyl groups is 1. The number of hydrogen-bond acceptors (Lipinski definition) is 4. The van der Waals surface area contributed by atoms with Crippen LogP contribution in [-0.2, 0) is 4.74 Å². The smallest absolute Gasteiger partial charge is 0.254 e. The van der Waals surface area contributed by atoms with E-state index in [0.29, 0.717) is 31.9 Å². The summed E-state index contributed by atoms with van der Waals surface area (Å²) < 4.78 is 18.5. The zero-order valence-electron chi connectivity index (χ0n) is 12.7. The lowest BCUT2D eigenvalue weighted by molar-refractivity contribution is 0.0711. The molecule has 122 valence electrons. The molecule has 1 amide bonds. The van der Waals surface area contributed by atoms with Gasteiger partial charge < -0.3 is 14.7 Å². The van der Waals surface area contributed by atoms with Crippen molar-refractivity contribution < 1.29 is 19.0 Å². The summed E-state index contributed by atoms with van der Waals surface area (Å²) in [5, 5.41) is 8.66. The van der Waals surface area contributed by atoms with E-state index in [2.05, 4.69) is 4.90 Å². The van der Waals surface area contributed by atoms with E-state index < -0.39 is 0 Å². The van der Waals surface area contributed by atoms with Crippen LogP contribution in [0.4, 0.5) is 4.39 Å². The normalized spacial score (nSPS) is 16.5. The van der Waals surface area contributed by atoms with E-state index in [1.54, 1.807) is 17.0 Å². The minimum Gasteiger partial charge on any atom is -0.394 e. The average Bonchev–Trinajstić information content (AvgIpc) is 2.76. The molecule has 1 N–H and O–H groups in total. The van der Waals surface area contributed by atoms with Crippen molar-refractivity contribution in [1.82, 2.24) is 9.80 Å². The number of halogens is 1. The SMILES string of the molecule is O=C(c1cccc(F)c1)N1CCCN(CCOCCO)CC1. The van der Waals surface area contributed by atoms with Gasteiger partial charge in [0, 0.05) is 31.7 Å². The maximum absolute atomic E-state index is 13.2. The Morgan fingerprint density at radius 3 is 2.86 bits per heavy atom. The van der Waals surface area contributed by atoms with Crippen molar-refractivity contribution in [3.05, 3.63) is 35.6 Å². The van der Waals surface area contributed by atoms with Crippen LogP contribution in [0.1, 0.15) is 16.8 Å². The molecule has 0 unspecified atom stereocenters. The largest absolute Gasteiger partial charge is 0.394 e. The van der Waals surface area contributed by atoms with E-state index in [4.69, 9.17) is 9.84 Å². The Morgan fingerprint density at radius 1 is 1.23 bits per heavy atom. The monoisotopic (exact) mass is 310 g/mol. The average molecular weight is 310 g/mol. The fraction of sp³-hybridized carbons (Fsp3) is 0.562. The van der Waals surface area contributed by atoms with E-state index in [-0.39, 0.29) is 18.3 Å². The van der Waals surface area contributed by atoms with Crippen LogP contribution < -0.4 is 0 Å². The molecule has 2 rings (SSSR count). The van der Waals surface area contributed by atoms with Crippen molar-refractivity contribution in [2.45, 2.75) is 6.42 Å². The van der Waals surface area contributed by atoms with E-state index in [1.165, 1.54) is 12.1 Å². The van der Waals surface area contributed by atoms with Gasteiger partial charge in [0.1, 0.15) is 5.82 Å². The molecule has 1 aliphatic heterocycles. The molecule has 1 saturated heterocycles. The summed E-state index contributed by atoms with van der Waals surface area (Å²) in [6.07, 6.45) is 0.890. The molecule has 0 spiro atoms. The second-order valence-electron chi connectivity index (χ2n) is 5.33. The number of amides is 1. The second-order valence-corrected chi connectivity index (χ2v) is 5.33. The number of hydrogen-bond donors (Lipinski definition) is 1. The van der Waals surface area contributed by atoms with Crippen molar-refractivity contribution >= 4 is 5.91 Å². The summed E-state index contributed by atoms with van der Waals surface area (Å²) in [6, 6.07) is 5.84. The summed E-state index contributed by atoms with van der Waals surface area (Å²) in [5.41, 5.74) is 0.403. The quantitative estimate of drug-likeness (QED) is 0.796. The van der Waals surface area contributed by atoms with Gasteiger partial charge in [-0.25, -0.2) is 4.39 Å². The van der Waals surface area contributed by atoms with Gasteiger partial charge in [-0.1, -0.05) is 6.07 Å². The van der Waals surface area contributed by atoms with Gasteiger partial charge in [-0.05, 0) is 31.2 Å². The Balaban J connectivity index is 1.83. The van der Waals surface area contributed by atoms with Crippen molar-refractivity contribution in [3.8, 4) is 0 Å². The molecule has 0 atom stereocenters. The molecule has 1 heterocycles. The van der Waals surface area contributed by atoms with E-state index in [9.17, 15) is 9.18 Å². The van der Waals surface area contributed by atoms with Crippen LogP contribution in [0.3, 0.4) is 0 Å². The zero-order chi connectivity index (χ0) is 15.8. The number of aliphatic hydroxyl groups excluding tert-OH is 1. The highest BCUT2D eigenvalue weighted by molar-refractivity contribution is 5.94. The zero-order valence-corrected chi connectivity index (χ0v) is 12.7. The first-order valence-electron chi connectivity index (χ1n) is 7.66. The number of benzene rings is 1. The minimum atomic E-state index is -0.386. The molecule has 22 heavy (non-hydrogen) atoms. The third-order valence-electron chi connectivity index (χ3n) is 3.73. The first kappa shape index (κ1) is 16.9. The molecule has 6 heteroatoms. The van der Waals surface area contributed by atoms with Gasteiger partial charge in [-0.2, -0.15) is 0 Å². The van der Waals surface area contributed by atoms with Gasteiger partial charge >= 0.3 is 0 Å². The maximum Gasteiger partial charge on any atom is 0.254 e. The van der Waals surface area contributed by atoms with Crippen LogP contribution in [0.5, 0.6) is 0 Å². The summed E-state index contributed by atoms with van der Waals surface area (Å²) >= 11 is 0. The summed E-state index contributed by atoms with van der Waals surface area (Å²) in [6.45, 7) is 4.78. The van der Waals surface area contributed by atoms with E-state index in [1.807, 2.05) is 0 Å².